The molecule has 0 bridgehead atoms. The van der Waals surface area contributed by atoms with Gasteiger partial charge in [-0.2, -0.15) is 0 Å². The fraction of sp³-hybridized carbons (Fsp3) is 0.227. The highest BCUT2D eigenvalue weighted by Gasteiger charge is 2.23. The van der Waals surface area contributed by atoms with Crippen molar-refractivity contribution < 1.29 is 39.1 Å². The van der Waals surface area contributed by atoms with E-state index in [0.717, 1.165) is 23.8 Å². The van der Waals surface area contributed by atoms with Crippen LogP contribution in [0.15, 0.2) is 53.4 Å². The van der Waals surface area contributed by atoms with E-state index in [1.807, 2.05) is 0 Å². The number of amides is 3. The maximum Gasteiger partial charge on any atom is 0.303 e. The standard InChI is InChI=1S/C22H21N3O9S/c1-14(26)23(19(27)10-12-21(29)30)15-2-4-16(5-3-15)24(20(28)11-13-22(31)32)35-18-8-6-17(7-9-18)25(33)34/h2-9H,10-13H2,1H3,(H,29,30)(H,31,32). The van der Waals surface area contributed by atoms with Crippen LogP contribution < -0.4 is 9.21 Å². The lowest BCUT2D eigenvalue weighted by Crippen LogP contribution is -2.35. The number of non-ortho nitro benzene ring substituents is 1. The second-order valence-corrected chi connectivity index (χ2v) is 8.10. The number of rotatable bonds is 11. The van der Waals surface area contributed by atoms with E-state index >= 15 is 0 Å². The van der Waals surface area contributed by atoms with Crippen molar-refractivity contribution in [2.75, 3.05) is 9.21 Å². The summed E-state index contributed by atoms with van der Waals surface area (Å²) >= 11 is 0.916. The molecule has 0 fully saturated rings. The Bertz CT molecular complexity index is 1130. The summed E-state index contributed by atoms with van der Waals surface area (Å²) in [5.74, 6) is -4.23. The van der Waals surface area contributed by atoms with Crippen molar-refractivity contribution in [3.8, 4) is 0 Å². The van der Waals surface area contributed by atoms with Gasteiger partial charge < -0.3 is 10.2 Å². The average molecular weight is 503 g/mol. The maximum absolute atomic E-state index is 12.8. The zero-order valence-corrected chi connectivity index (χ0v) is 19.3. The number of carboxylic acids is 2. The van der Waals surface area contributed by atoms with E-state index in [0.29, 0.717) is 10.6 Å². The monoisotopic (exact) mass is 503 g/mol. The average Bonchev–Trinajstić information content (AvgIpc) is 2.80. The first kappa shape index (κ1) is 27.0. The lowest BCUT2D eigenvalue weighted by Gasteiger charge is -2.23. The molecule has 12 nitrogen and oxygen atoms in total. The second-order valence-electron chi connectivity index (χ2n) is 7.08. The SMILES string of the molecule is CC(=O)N(C(=O)CCC(=O)O)c1ccc(N(Sc2ccc([N+](=O)[O-])cc2)C(=O)CCC(=O)O)cc1. The van der Waals surface area contributed by atoms with Crippen molar-refractivity contribution in [1.29, 1.82) is 0 Å². The normalized spacial score (nSPS) is 10.3. The Hall–Kier alpha value is -4.26. The van der Waals surface area contributed by atoms with Crippen LogP contribution in [0.2, 0.25) is 0 Å². The number of hydrogen-bond donors (Lipinski definition) is 2. The van der Waals surface area contributed by atoms with Crippen LogP contribution in [0.25, 0.3) is 0 Å². The molecule has 0 saturated heterocycles. The number of aliphatic carboxylic acids is 2. The molecule has 0 unspecified atom stereocenters. The molecule has 35 heavy (non-hydrogen) atoms. The minimum atomic E-state index is -1.18. The summed E-state index contributed by atoms with van der Waals surface area (Å²) in [5.41, 5.74) is 0.322. The summed E-state index contributed by atoms with van der Waals surface area (Å²) < 4.78 is 1.21. The molecule has 0 spiro atoms. The predicted octanol–water partition coefficient (Wildman–Crippen LogP) is 3.24. The Kier molecular flexibility index (Phi) is 9.46. The van der Waals surface area contributed by atoms with Gasteiger partial charge in [0.05, 0.1) is 29.1 Å². The molecule has 3 amide bonds. The summed E-state index contributed by atoms with van der Waals surface area (Å²) in [4.78, 5) is 70.4. The number of carboxylic acid groups (broad SMARTS) is 2. The van der Waals surface area contributed by atoms with Crippen LogP contribution in [0.5, 0.6) is 0 Å². The van der Waals surface area contributed by atoms with Crippen molar-refractivity contribution >= 4 is 58.7 Å². The topological polar surface area (TPSA) is 175 Å². The number of imide groups is 1. The summed E-state index contributed by atoms with van der Waals surface area (Å²) in [5, 5.41) is 28.6. The molecule has 13 heteroatoms. The molecule has 2 aromatic carbocycles. The van der Waals surface area contributed by atoms with Gasteiger partial charge in [-0.3, -0.25) is 39.0 Å². The molecule has 0 aliphatic carbocycles. The van der Waals surface area contributed by atoms with Crippen molar-refractivity contribution in [2.45, 2.75) is 37.5 Å². The van der Waals surface area contributed by atoms with E-state index in [1.165, 1.54) is 52.8 Å². The van der Waals surface area contributed by atoms with Crippen LogP contribution in [-0.2, 0) is 24.0 Å². The van der Waals surface area contributed by atoms with Gasteiger partial charge in [0, 0.05) is 36.8 Å². The van der Waals surface area contributed by atoms with Crippen molar-refractivity contribution in [3.63, 3.8) is 0 Å². The molecule has 0 aromatic heterocycles. The molecule has 2 N–H and O–H groups in total. The fourth-order valence-electron chi connectivity index (χ4n) is 2.86. The van der Waals surface area contributed by atoms with Crippen LogP contribution >= 0.6 is 11.9 Å². The van der Waals surface area contributed by atoms with Crippen molar-refractivity contribution in [3.05, 3.63) is 58.6 Å². The number of nitrogens with zero attached hydrogens (tertiary/aromatic N) is 3. The highest BCUT2D eigenvalue weighted by Crippen LogP contribution is 2.32. The van der Waals surface area contributed by atoms with Gasteiger partial charge in [-0.15, -0.1) is 0 Å². The van der Waals surface area contributed by atoms with Gasteiger partial charge in [0.25, 0.3) is 5.69 Å². The third-order valence-corrected chi connectivity index (χ3v) is 5.56. The van der Waals surface area contributed by atoms with Gasteiger partial charge >= 0.3 is 11.9 Å². The first-order valence-corrected chi connectivity index (χ1v) is 10.9. The van der Waals surface area contributed by atoms with Crippen LogP contribution in [0.1, 0.15) is 32.6 Å². The molecule has 0 aliphatic heterocycles. The van der Waals surface area contributed by atoms with Gasteiger partial charge in [-0.25, -0.2) is 4.31 Å². The Morgan fingerprint density at radius 3 is 1.74 bits per heavy atom. The maximum atomic E-state index is 12.8. The minimum Gasteiger partial charge on any atom is -0.481 e. The number of nitro groups is 1. The predicted molar refractivity (Wildman–Crippen MR) is 125 cm³/mol. The Morgan fingerprint density at radius 2 is 1.29 bits per heavy atom. The molecular formula is C22H21N3O9S. The summed E-state index contributed by atoms with van der Waals surface area (Å²) in [7, 11) is 0. The molecule has 0 atom stereocenters. The summed E-state index contributed by atoms with van der Waals surface area (Å²) in [6, 6.07) is 11.1. The summed E-state index contributed by atoms with van der Waals surface area (Å²) in [6.07, 6.45) is -1.56. The number of hydrogen-bond acceptors (Lipinski definition) is 8. The zero-order chi connectivity index (χ0) is 26.1. The second kappa shape index (κ2) is 12.3. The Labute approximate surface area is 203 Å². The highest BCUT2D eigenvalue weighted by molar-refractivity contribution is 8.01. The lowest BCUT2D eigenvalue weighted by molar-refractivity contribution is -0.384. The molecule has 0 aliphatic rings. The van der Waals surface area contributed by atoms with Gasteiger partial charge in [0.15, 0.2) is 0 Å². The summed E-state index contributed by atoms with van der Waals surface area (Å²) in [6.45, 7) is 1.15. The molecule has 0 radical (unpaired) electrons. The van der Waals surface area contributed by atoms with E-state index in [2.05, 4.69) is 0 Å². The third kappa shape index (κ3) is 7.92. The van der Waals surface area contributed by atoms with Crippen LogP contribution in [0, 0.1) is 10.1 Å². The lowest BCUT2D eigenvalue weighted by atomic mass is 10.2. The van der Waals surface area contributed by atoms with E-state index in [4.69, 9.17) is 10.2 Å². The minimum absolute atomic E-state index is 0.139. The number of nitro benzene ring substituents is 1. The van der Waals surface area contributed by atoms with Crippen molar-refractivity contribution in [2.24, 2.45) is 0 Å². The fourth-order valence-corrected chi connectivity index (χ4v) is 3.75. The molecule has 2 aromatic rings. The first-order valence-electron chi connectivity index (χ1n) is 10.1. The largest absolute Gasteiger partial charge is 0.481 e. The van der Waals surface area contributed by atoms with Gasteiger partial charge in [-0.1, -0.05) is 0 Å². The highest BCUT2D eigenvalue weighted by atomic mass is 32.2. The van der Waals surface area contributed by atoms with Crippen LogP contribution in [0.4, 0.5) is 17.1 Å². The molecule has 0 heterocycles. The first-order chi connectivity index (χ1) is 16.5. The van der Waals surface area contributed by atoms with E-state index in [1.54, 1.807) is 0 Å². The molecule has 2 rings (SSSR count). The number of anilines is 2. The van der Waals surface area contributed by atoms with Gasteiger partial charge in [0.2, 0.25) is 17.7 Å². The Morgan fingerprint density at radius 1 is 0.800 bits per heavy atom. The number of carbonyl (C=O) groups excluding carboxylic acids is 3. The number of carbonyl (C=O) groups is 5. The smallest absolute Gasteiger partial charge is 0.303 e. The van der Waals surface area contributed by atoms with Gasteiger partial charge in [-0.05, 0) is 48.3 Å². The van der Waals surface area contributed by atoms with E-state index < -0.39 is 47.4 Å². The van der Waals surface area contributed by atoms with Crippen LogP contribution in [-0.4, -0.2) is 44.8 Å². The van der Waals surface area contributed by atoms with E-state index in [-0.39, 0.29) is 24.2 Å². The molecule has 184 valence electrons. The molecule has 0 saturated carbocycles. The Balaban J connectivity index is 2.32. The third-order valence-electron chi connectivity index (χ3n) is 4.48. The van der Waals surface area contributed by atoms with Gasteiger partial charge in [0.1, 0.15) is 0 Å². The van der Waals surface area contributed by atoms with Crippen molar-refractivity contribution in [1.82, 2.24) is 0 Å². The zero-order valence-electron chi connectivity index (χ0n) is 18.4. The molecular weight excluding hydrogens is 482 g/mol. The van der Waals surface area contributed by atoms with E-state index in [9.17, 15) is 34.1 Å². The number of benzene rings is 2. The van der Waals surface area contributed by atoms with Crippen LogP contribution in [0.3, 0.4) is 0 Å². The quantitative estimate of drug-likeness (QED) is 0.263.